The Kier molecular flexibility index (Phi) is 6.92. The highest BCUT2D eigenvalue weighted by atomic mass is 19.1. The standard InChI is InChI=1S/C24H25F2N3O3/c1-16-22(28-24(32-16)18-4-8-20(26)9-5-18)12-23(30)27-13-21-15-29(10-11-31-21)14-17-2-6-19(25)7-3-17/h2-9,21H,10-15H2,1H3,(H,27,30)/t21-/m0/s1. The number of amides is 1. The first-order valence-electron chi connectivity index (χ1n) is 10.5. The van der Waals surface area contributed by atoms with Gasteiger partial charge in [0.25, 0.3) is 0 Å². The molecule has 1 fully saturated rings. The number of morpholine rings is 1. The van der Waals surface area contributed by atoms with Crippen molar-refractivity contribution < 1.29 is 22.7 Å². The third-order valence-corrected chi connectivity index (χ3v) is 5.38. The van der Waals surface area contributed by atoms with Crippen LogP contribution in [0.1, 0.15) is 17.0 Å². The van der Waals surface area contributed by atoms with Gasteiger partial charge in [0.2, 0.25) is 11.8 Å². The molecule has 2 heterocycles. The van der Waals surface area contributed by atoms with Gasteiger partial charge in [-0.25, -0.2) is 13.8 Å². The second kappa shape index (κ2) is 10.0. The number of hydrogen-bond donors (Lipinski definition) is 1. The molecular weight excluding hydrogens is 416 g/mol. The van der Waals surface area contributed by atoms with Crippen LogP contribution in [0.25, 0.3) is 11.5 Å². The maximum Gasteiger partial charge on any atom is 0.226 e. The maximum absolute atomic E-state index is 13.1. The van der Waals surface area contributed by atoms with E-state index in [0.29, 0.717) is 49.1 Å². The maximum atomic E-state index is 13.1. The predicted octanol–water partition coefficient (Wildman–Crippen LogP) is 3.49. The minimum atomic E-state index is -0.335. The van der Waals surface area contributed by atoms with Crippen LogP contribution >= 0.6 is 0 Å². The first-order valence-corrected chi connectivity index (χ1v) is 10.5. The van der Waals surface area contributed by atoms with Crippen LogP contribution in [0.3, 0.4) is 0 Å². The lowest BCUT2D eigenvalue weighted by Crippen LogP contribution is -2.47. The summed E-state index contributed by atoms with van der Waals surface area (Å²) in [5.41, 5.74) is 2.23. The normalized spacial score (nSPS) is 16.8. The zero-order valence-electron chi connectivity index (χ0n) is 17.8. The number of oxazole rings is 1. The van der Waals surface area contributed by atoms with Gasteiger partial charge in [-0.05, 0) is 48.9 Å². The molecule has 4 rings (SSSR count). The van der Waals surface area contributed by atoms with Gasteiger partial charge in [-0.15, -0.1) is 0 Å². The molecule has 0 aliphatic carbocycles. The number of carbonyl (C=O) groups excluding carboxylic acids is 1. The molecule has 0 bridgehead atoms. The minimum Gasteiger partial charge on any atom is -0.441 e. The van der Waals surface area contributed by atoms with Gasteiger partial charge in [-0.3, -0.25) is 9.69 Å². The molecule has 32 heavy (non-hydrogen) atoms. The quantitative estimate of drug-likeness (QED) is 0.608. The highest BCUT2D eigenvalue weighted by Gasteiger charge is 2.22. The smallest absolute Gasteiger partial charge is 0.226 e. The van der Waals surface area contributed by atoms with Gasteiger partial charge in [0.05, 0.1) is 24.8 Å². The fourth-order valence-corrected chi connectivity index (χ4v) is 3.65. The number of rotatable bonds is 7. The fourth-order valence-electron chi connectivity index (χ4n) is 3.65. The molecule has 6 nitrogen and oxygen atoms in total. The summed E-state index contributed by atoms with van der Waals surface area (Å²) < 4.78 is 37.6. The van der Waals surface area contributed by atoms with Gasteiger partial charge in [0.15, 0.2) is 0 Å². The highest BCUT2D eigenvalue weighted by molar-refractivity contribution is 5.78. The summed E-state index contributed by atoms with van der Waals surface area (Å²) in [4.78, 5) is 19.1. The van der Waals surface area contributed by atoms with Crippen LogP contribution in [0.15, 0.2) is 52.9 Å². The molecular formula is C24H25F2N3O3. The van der Waals surface area contributed by atoms with Crippen molar-refractivity contribution in [3.05, 3.63) is 77.2 Å². The van der Waals surface area contributed by atoms with Gasteiger partial charge in [0, 0.05) is 31.7 Å². The van der Waals surface area contributed by atoms with Gasteiger partial charge >= 0.3 is 0 Å². The summed E-state index contributed by atoms with van der Waals surface area (Å²) >= 11 is 0. The Balaban J connectivity index is 1.27. The molecule has 1 amide bonds. The molecule has 1 aromatic heterocycles. The van der Waals surface area contributed by atoms with E-state index >= 15 is 0 Å². The lowest BCUT2D eigenvalue weighted by molar-refractivity contribution is -0.121. The third kappa shape index (κ3) is 5.77. The highest BCUT2D eigenvalue weighted by Crippen LogP contribution is 2.22. The number of nitrogens with zero attached hydrogens (tertiary/aromatic N) is 2. The second-order valence-electron chi connectivity index (χ2n) is 7.86. The SMILES string of the molecule is Cc1oc(-c2ccc(F)cc2)nc1CC(=O)NC[C@H]1CN(Cc2ccc(F)cc2)CCO1. The Morgan fingerprint density at radius 3 is 2.53 bits per heavy atom. The van der Waals surface area contributed by atoms with Crippen molar-refractivity contribution in [1.82, 2.24) is 15.2 Å². The molecule has 0 unspecified atom stereocenters. The first kappa shape index (κ1) is 22.1. The number of halogens is 2. The zero-order valence-corrected chi connectivity index (χ0v) is 17.8. The van der Waals surface area contributed by atoms with Crippen LogP contribution in [-0.2, 0) is 22.5 Å². The van der Waals surface area contributed by atoms with E-state index in [1.165, 1.54) is 24.3 Å². The average Bonchev–Trinajstić information content (AvgIpc) is 3.15. The Hall–Kier alpha value is -3.10. The van der Waals surface area contributed by atoms with E-state index < -0.39 is 0 Å². The van der Waals surface area contributed by atoms with Gasteiger partial charge in [0.1, 0.15) is 17.4 Å². The number of aryl methyl sites for hydroxylation is 1. The van der Waals surface area contributed by atoms with E-state index in [1.807, 2.05) is 0 Å². The molecule has 1 saturated heterocycles. The van der Waals surface area contributed by atoms with Gasteiger partial charge < -0.3 is 14.5 Å². The van der Waals surface area contributed by atoms with Crippen LogP contribution < -0.4 is 5.32 Å². The summed E-state index contributed by atoms with van der Waals surface area (Å²) in [6.07, 6.45) is -0.0379. The summed E-state index contributed by atoms with van der Waals surface area (Å²) in [5, 5.41) is 2.91. The Bertz CT molecular complexity index is 1050. The lowest BCUT2D eigenvalue weighted by Gasteiger charge is -2.33. The van der Waals surface area contributed by atoms with E-state index in [4.69, 9.17) is 9.15 Å². The van der Waals surface area contributed by atoms with Crippen molar-refractivity contribution in [2.45, 2.75) is 26.0 Å². The van der Waals surface area contributed by atoms with E-state index in [9.17, 15) is 13.6 Å². The number of carbonyl (C=O) groups is 1. The Morgan fingerprint density at radius 2 is 1.81 bits per heavy atom. The van der Waals surface area contributed by atoms with Crippen molar-refractivity contribution in [1.29, 1.82) is 0 Å². The Morgan fingerprint density at radius 1 is 1.12 bits per heavy atom. The van der Waals surface area contributed by atoms with Gasteiger partial charge in [-0.2, -0.15) is 0 Å². The van der Waals surface area contributed by atoms with E-state index in [1.54, 1.807) is 31.2 Å². The van der Waals surface area contributed by atoms with Crippen LogP contribution in [0.5, 0.6) is 0 Å². The monoisotopic (exact) mass is 441 g/mol. The number of benzene rings is 2. The summed E-state index contributed by atoms with van der Waals surface area (Å²) in [6.45, 7) is 4.88. The van der Waals surface area contributed by atoms with E-state index in [0.717, 1.165) is 12.1 Å². The van der Waals surface area contributed by atoms with E-state index in [-0.39, 0.29) is 30.1 Å². The molecule has 0 radical (unpaired) electrons. The molecule has 8 heteroatoms. The molecule has 1 aliphatic rings. The molecule has 1 aliphatic heterocycles. The second-order valence-corrected chi connectivity index (χ2v) is 7.86. The molecule has 168 valence electrons. The van der Waals surface area contributed by atoms with Crippen LogP contribution in [0.2, 0.25) is 0 Å². The molecule has 0 saturated carbocycles. The lowest BCUT2D eigenvalue weighted by atomic mass is 10.2. The fraction of sp³-hybridized carbons (Fsp3) is 0.333. The number of ether oxygens (including phenoxy) is 1. The van der Waals surface area contributed by atoms with Gasteiger partial charge in [-0.1, -0.05) is 12.1 Å². The largest absolute Gasteiger partial charge is 0.441 e. The average molecular weight is 441 g/mol. The van der Waals surface area contributed by atoms with Crippen LogP contribution in [-0.4, -0.2) is 48.1 Å². The van der Waals surface area contributed by atoms with Crippen LogP contribution in [0.4, 0.5) is 8.78 Å². The molecule has 2 aromatic carbocycles. The third-order valence-electron chi connectivity index (χ3n) is 5.38. The number of nitrogens with one attached hydrogen (secondary N) is 1. The molecule has 1 N–H and O–H groups in total. The van der Waals surface area contributed by atoms with Crippen LogP contribution in [0, 0.1) is 18.6 Å². The number of hydrogen-bond acceptors (Lipinski definition) is 5. The molecule has 0 spiro atoms. The zero-order chi connectivity index (χ0) is 22.5. The number of aromatic nitrogens is 1. The van der Waals surface area contributed by atoms with E-state index in [2.05, 4.69) is 15.2 Å². The molecule has 3 aromatic rings. The summed E-state index contributed by atoms with van der Waals surface area (Å²) in [6, 6.07) is 12.3. The van der Waals surface area contributed by atoms with Crippen molar-refractivity contribution in [2.24, 2.45) is 0 Å². The topological polar surface area (TPSA) is 67.6 Å². The van der Waals surface area contributed by atoms with Crippen molar-refractivity contribution >= 4 is 5.91 Å². The predicted molar refractivity (Wildman–Crippen MR) is 115 cm³/mol. The summed E-state index contributed by atoms with van der Waals surface area (Å²) in [5.74, 6) is 0.156. The summed E-state index contributed by atoms with van der Waals surface area (Å²) in [7, 11) is 0. The van der Waals surface area contributed by atoms with Crippen molar-refractivity contribution in [3.8, 4) is 11.5 Å². The van der Waals surface area contributed by atoms with Crippen molar-refractivity contribution in [2.75, 3.05) is 26.2 Å². The Labute approximate surface area is 185 Å². The minimum absolute atomic E-state index is 0.0859. The van der Waals surface area contributed by atoms with Crippen molar-refractivity contribution in [3.63, 3.8) is 0 Å². The molecule has 1 atom stereocenters. The first-order chi connectivity index (χ1) is 15.5.